The summed E-state index contributed by atoms with van der Waals surface area (Å²) in [5, 5.41) is 22.1. The molecule has 0 spiro atoms. The number of nitrogens with zero attached hydrogens (tertiary/aromatic N) is 3. The van der Waals surface area contributed by atoms with Gasteiger partial charge in [-0.25, -0.2) is 5.10 Å². The monoisotopic (exact) mass is 175 g/mol. The lowest BCUT2D eigenvalue weighted by Crippen LogP contribution is -1.86. The molecule has 0 atom stereocenters. The number of aliphatic hydroxyl groups excluding tert-OH is 1. The van der Waals surface area contributed by atoms with Gasteiger partial charge in [0, 0.05) is 5.56 Å². The topological polar surface area (TPSA) is 74.7 Å². The number of nitrogens with one attached hydrogen (secondary N) is 1. The molecule has 0 aliphatic rings. The van der Waals surface area contributed by atoms with Crippen molar-refractivity contribution >= 4 is 0 Å². The molecular weight excluding hydrogens is 168 g/mol. The Bertz CT molecular complexity index is 385. The Morgan fingerprint density at radius 1 is 1.54 bits per heavy atom. The van der Waals surface area contributed by atoms with Gasteiger partial charge in [0.05, 0.1) is 6.61 Å². The molecule has 13 heavy (non-hydrogen) atoms. The van der Waals surface area contributed by atoms with E-state index < -0.39 is 0 Å². The van der Waals surface area contributed by atoms with Gasteiger partial charge in [-0.1, -0.05) is 12.1 Å². The first-order valence-electron chi connectivity index (χ1n) is 3.76. The number of tetrazole rings is 1. The highest BCUT2D eigenvalue weighted by atomic mass is 16.3. The molecule has 0 amide bonds. The highest BCUT2D eigenvalue weighted by molar-refractivity contribution is 5.53. The standard InChI is InChI=1S/C8H7N4O/c13-5-6-2-1-3-7(4-6)8-9-11-12-10-8/h1-2,4,13H,5H2,(H,9,10,11,12). The van der Waals surface area contributed by atoms with Gasteiger partial charge >= 0.3 is 0 Å². The van der Waals surface area contributed by atoms with Gasteiger partial charge < -0.3 is 5.11 Å². The number of H-pyrrole nitrogens is 1. The molecule has 2 aromatic rings. The van der Waals surface area contributed by atoms with Crippen LogP contribution in [0.15, 0.2) is 18.2 Å². The molecule has 1 aromatic heterocycles. The van der Waals surface area contributed by atoms with Gasteiger partial charge in [0.2, 0.25) is 0 Å². The molecule has 0 fully saturated rings. The number of aromatic nitrogens is 4. The average Bonchev–Trinajstić information content (AvgIpc) is 2.71. The molecule has 1 heterocycles. The molecule has 2 N–H and O–H groups in total. The number of hydrogen-bond donors (Lipinski definition) is 2. The third kappa shape index (κ3) is 1.54. The maximum Gasteiger partial charge on any atom is 0.180 e. The van der Waals surface area contributed by atoms with E-state index in [1.54, 1.807) is 18.2 Å². The molecule has 0 saturated carbocycles. The Kier molecular flexibility index (Phi) is 2.01. The van der Waals surface area contributed by atoms with Crippen molar-refractivity contribution in [3.05, 3.63) is 29.8 Å². The van der Waals surface area contributed by atoms with Gasteiger partial charge in [-0.2, -0.15) is 0 Å². The maximum atomic E-state index is 8.88. The van der Waals surface area contributed by atoms with Crippen molar-refractivity contribution in [1.29, 1.82) is 0 Å². The van der Waals surface area contributed by atoms with Crippen molar-refractivity contribution in [1.82, 2.24) is 20.6 Å². The molecule has 0 saturated heterocycles. The van der Waals surface area contributed by atoms with Crippen molar-refractivity contribution < 1.29 is 5.11 Å². The lowest BCUT2D eigenvalue weighted by molar-refractivity contribution is 0.282. The highest BCUT2D eigenvalue weighted by Gasteiger charge is 2.01. The largest absolute Gasteiger partial charge is 0.392 e. The van der Waals surface area contributed by atoms with Crippen LogP contribution in [-0.2, 0) is 6.61 Å². The minimum Gasteiger partial charge on any atom is -0.392 e. The van der Waals surface area contributed by atoms with E-state index in [-0.39, 0.29) is 6.61 Å². The zero-order chi connectivity index (χ0) is 9.10. The minimum atomic E-state index is 0.00322. The van der Waals surface area contributed by atoms with Crippen LogP contribution in [0.5, 0.6) is 0 Å². The Hall–Kier alpha value is -1.75. The van der Waals surface area contributed by atoms with Crippen LogP contribution in [0.2, 0.25) is 0 Å². The second-order valence-corrected chi connectivity index (χ2v) is 2.52. The first-order valence-corrected chi connectivity index (χ1v) is 3.76. The van der Waals surface area contributed by atoms with Crippen LogP contribution >= 0.6 is 0 Å². The first kappa shape index (κ1) is 7.88. The van der Waals surface area contributed by atoms with Crippen molar-refractivity contribution in [2.45, 2.75) is 6.61 Å². The van der Waals surface area contributed by atoms with Crippen LogP contribution in [0.1, 0.15) is 5.56 Å². The molecule has 0 bridgehead atoms. The summed E-state index contributed by atoms with van der Waals surface area (Å²) in [5.41, 5.74) is 1.56. The highest BCUT2D eigenvalue weighted by Crippen LogP contribution is 2.13. The lowest BCUT2D eigenvalue weighted by Gasteiger charge is -1.97. The summed E-state index contributed by atoms with van der Waals surface area (Å²) in [6.45, 7) is 0.00322. The van der Waals surface area contributed by atoms with Crippen LogP contribution in [0, 0.1) is 6.07 Å². The third-order valence-electron chi connectivity index (χ3n) is 1.65. The maximum absolute atomic E-state index is 8.88. The van der Waals surface area contributed by atoms with Crippen LogP contribution in [0.4, 0.5) is 0 Å². The normalized spacial score (nSPS) is 10.2. The van der Waals surface area contributed by atoms with E-state index in [4.69, 9.17) is 5.11 Å². The van der Waals surface area contributed by atoms with E-state index in [2.05, 4.69) is 26.7 Å². The zero-order valence-electron chi connectivity index (χ0n) is 6.73. The molecule has 0 unspecified atom stereocenters. The van der Waals surface area contributed by atoms with E-state index in [0.29, 0.717) is 5.82 Å². The quantitative estimate of drug-likeness (QED) is 0.681. The molecule has 0 aliphatic heterocycles. The minimum absolute atomic E-state index is 0.00322. The lowest BCUT2D eigenvalue weighted by atomic mass is 10.1. The van der Waals surface area contributed by atoms with Gasteiger partial charge in [-0.15, -0.1) is 5.10 Å². The molecule has 1 radical (unpaired) electrons. The van der Waals surface area contributed by atoms with E-state index in [1.165, 1.54) is 0 Å². The van der Waals surface area contributed by atoms with Crippen molar-refractivity contribution in [3.63, 3.8) is 0 Å². The van der Waals surface area contributed by atoms with E-state index >= 15 is 0 Å². The molecule has 2 rings (SSSR count). The van der Waals surface area contributed by atoms with Crippen LogP contribution in [0.3, 0.4) is 0 Å². The number of benzene rings is 1. The first-order chi connectivity index (χ1) is 6.40. The number of aromatic amines is 1. The molecule has 0 aliphatic carbocycles. The summed E-state index contributed by atoms with van der Waals surface area (Å²) in [6, 6.07) is 8.25. The van der Waals surface area contributed by atoms with Gasteiger partial charge in [-0.05, 0) is 28.1 Å². The van der Waals surface area contributed by atoms with Crippen LogP contribution in [0.25, 0.3) is 11.4 Å². The molecule has 5 heteroatoms. The summed E-state index contributed by atoms with van der Waals surface area (Å²) in [6.07, 6.45) is 0. The summed E-state index contributed by atoms with van der Waals surface area (Å²) < 4.78 is 0. The second kappa shape index (κ2) is 3.32. The summed E-state index contributed by atoms with van der Waals surface area (Å²) >= 11 is 0. The Labute approximate surface area is 74.4 Å². The number of hydrogen-bond acceptors (Lipinski definition) is 4. The summed E-state index contributed by atoms with van der Waals surface area (Å²) in [5.74, 6) is 0.551. The van der Waals surface area contributed by atoms with Gasteiger partial charge in [0.25, 0.3) is 0 Å². The Morgan fingerprint density at radius 2 is 2.46 bits per heavy atom. The van der Waals surface area contributed by atoms with Gasteiger partial charge in [-0.3, -0.25) is 0 Å². The zero-order valence-corrected chi connectivity index (χ0v) is 6.73. The smallest absolute Gasteiger partial charge is 0.180 e. The van der Waals surface area contributed by atoms with E-state index in [9.17, 15) is 0 Å². The summed E-state index contributed by atoms with van der Waals surface area (Å²) in [4.78, 5) is 0. The predicted molar refractivity (Wildman–Crippen MR) is 44.4 cm³/mol. The number of rotatable bonds is 2. The SMILES string of the molecule is OCc1cc[c]c(-c2nnn[nH]2)c1. The van der Waals surface area contributed by atoms with Crippen molar-refractivity contribution in [3.8, 4) is 11.4 Å². The summed E-state index contributed by atoms with van der Waals surface area (Å²) in [7, 11) is 0. The Balaban J connectivity index is 2.41. The van der Waals surface area contributed by atoms with Crippen LogP contribution < -0.4 is 0 Å². The molecule has 5 nitrogen and oxygen atoms in total. The van der Waals surface area contributed by atoms with Gasteiger partial charge in [0.15, 0.2) is 5.82 Å². The molecule has 65 valence electrons. The predicted octanol–water partition coefficient (Wildman–Crippen LogP) is 0.159. The molecule has 1 aromatic carbocycles. The van der Waals surface area contributed by atoms with Crippen molar-refractivity contribution in [2.24, 2.45) is 0 Å². The van der Waals surface area contributed by atoms with Gasteiger partial charge in [0.1, 0.15) is 0 Å². The Morgan fingerprint density at radius 3 is 3.15 bits per heavy atom. The number of aliphatic hydroxyl groups is 1. The fourth-order valence-electron chi connectivity index (χ4n) is 1.02. The second-order valence-electron chi connectivity index (χ2n) is 2.52. The van der Waals surface area contributed by atoms with E-state index in [0.717, 1.165) is 11.1 Å². The van der Waals surface area contributed by atoms with Crippen molar-refractivity contribution in [2.75, 3.05) is 0 Å². The third-order valence-corrected chi connectivity index (χ3v) is 1.65. The fourth-order valence-corrected chi connectivity index (χ4v) is 1.02. The van der Waals surface area contributed by atoms with E-state index in [1.807, 2.05) is 0 Å². The average molecular weight is 175 g/mol. The molecular formula is C8H7N4O. The van der Waals surface area contributed by atoms with Crippen LogP contribution in [-0.4, -0.2) is 25.7 Å². The fraction of sp³-hybridized carbons (Fsp3) is 0.125.